The summed E-state index contributed by atoms with van der Waals surface area (Å²) in [7, 11) is 0. The van der Waals surface area contributed by atoms with Gasteiger partial charge in [-0.15, -0.1) is 0 Å². The van der Waals surface area contributed by atoms with Gasteiger partial charge in [-0.3, -0.25) is 4.79 Å². The van der Waals surface area contributed by atoms with E-state index in [0.717, 1.165) is 58.6 Å². The van der Waals surface area contributed by atoms with Crippen molar-refractivity contribution in [3.05, 3.63) is 75.9 Å². The number of carbonyl (C=O) groups excluding carboxylic acids is 1. The summed E-state index contributed by atoms with van der Waals surface area (Å²) in [5, 5.41) is 0. The third-order valence-corrected chi connectivity index (χ3v) is 7.14. The van der Waals surface area contributed by atoms with Gasteiger partial charge in [0.15, 0.2) is 0 Å². The van der Waals surface area contributed by atoms with Gasteiger partial charge in [0, 0.05) is 23.0 Å². The monoisotopic (exact) mass is 478 g/mol. The molecule has 0 N–H and O–H groups in total. The number of fused-ring (bicyclic) bond motifs is 1. The Morgan fingerprint density at radius 3 is 2.55 bits per heavy atom. The van der Waals surface area contributed by atoms with E-state index in [4.69, 9.17) is 9.47 Å². The first kappa shape index (κ1) is 25.2. The third kappa shape index (κ3) is 5.94. The normalized spacial score (nSPS) is 17.9. The predicted molar refractivity (Wildman–Crippen MR) is 126 cm³/mol. The van der Waals surface area contributed by atoms with Gasteiger partial charge < -0.3 is 9.47 Å². The largest absolute Gasteiger partial charge is 0.492 e. The fraction of sp³-hybridized carbons (Fsp3) is 0.423. The van der Waals surface area contributed by atoms with E-state index < -0.39 is 11.7 Å². The van der Waals surface area contributed by atoms with E-state index in [-0.39, 0.29) is 12.0 Å². The number of benzene rings is 2. The number of rotatable bonds is 9. The van der Waals surface area contributed by atoms with E-state index in [1.165, 1.54) is 17.7 Å². The second kappa shape index (κ2) is 10.7. The van der Waals surface area contributed by atoms with Gasteiger partial charge in [-0.2, -0.15) is 24.9 Å². The Hall–Kier alpha value is -2.41. The lowest BCUT2D eigenvalue weighted by molar-refractivity contribution is -0.138. The minimum Gasteiger partial charge on any atom is -0.492 e. The van der Waals surface area contributed by atoms with Crippen LogP contribution in [0.5, 0.6) is 5.75 Å². The molecule has 0 aromatic heterocycles. The second-order valence-electron chi connectivity index (χ2n) is 8.45. The molecule has 0 aliphatic heterocycles. The molecular weight excluding hydrogens is 449 g/mol. The molecule has 3 rings (SSSR count). The van der Waals surface area contributed by atoms with Crippen molar-refractivity contribution in [2.45, 2.75) is 51.6 Å². The molecular formula is C26H29F3O3S. The number of halogens is 3. The van der Waals surface area contributed by atoms with Crippen LogP contribution in [0.25, 0.3) is 0 Å². The summed E-state index contributed by atoms with van der Waals surface area (Å²) in [4.78, 5) is 11.2. The van der Waals surface area contributed by atoms with Crippen LogP contribution < -0.4 is 4.74 Å². The lowest BCUT2D eigenvalue weighted by atomic mass is 9.75. The average molecular weight is 479 g/mol. The first-order valence-electron chi connectivity index (χ1n) is 10.9. The van der Waals surface area contributed by atoms with E-state index in [1.54, 1.807) is 11.8 Å². The molecule has 0 amide bonds. The zero-order valence-electron chi connectivity index (χ0n) is 19.1. The molecule has 0 radical (unpaired) electrons. The standard InChI is InChI=1S/C26H29F3O3S/c1-16(2)21-9-10-22-17(3)13-23(18(4)24(22)25(21)32-15-30)31-11-12-33-14-19-5-7-20(8-6-19)26(27,28)29/h5-8,13,15,21,25H,1,9-12,14H2,2-4H3/t21-,25+/m0/s1. The molecule has 0 saturated carbocycles. The maximum atomic E-state index is 12.7. The summed E-state index contributed by atoms with van der Waals surface area (Å²) in [6, 6.07) is 7.29. The van der Waals surface area contributed by atoms with Crippen molar-refractivity contribution >= 4 is 18.2 Å². The lowest BCUT2D eigenvalue weighted by Crippen LogP contribution is -2.25. The summed E-state index contributed by atoms with van der Waals surface area (Å²) in [6.07, 6.45) is -2.88. The van der Waals surface area contributed by atoms with Crippen LogP contribution in [0.3, 0.4) is 0 Å². The maximum absolute atomic E-state index is 12.7. The summed E-state index contributed by atoms with van der Waals surface area (Å²) in [5.41, 5.74) is 5.52. The highest BCUT2D eigenvalue weighted by Gasteiger charge is 2.34. The molecule has 1 aliphatic rings. The molecule has 3 nitrogen and oxygen atoms in total. The fourth-order valence-corrected chi connectivity index (χ4v) is 5.17. The van der Waals surface area contributed by atoms with Crippen LogP contribution in [0.4, 0.5) is 13.2 Å². The van der Waals surface area contributed by atoms with Gasteiger partial charge in [-0.25, -0.2) is 0 Å². The van der Waals surface area contributed by atoms with E-state index in [9.17, 15) is 18.0 Å². The lowest BCUT2D eigenvalue weighted by Gasteiger charge is -2.35. The van der Waals surface area contributed by atoms with Crippen molar-refractivity contribution < 1.29 is 27.4 Å². The topological polar surface area (TPSA) is 35.5 Å². The van der Waals surface area contributed by atoms with E-state index >= 15 is 0 Å². The van der Waals surface area contributed by atoms with Gasteiger partial charge in [-0.05, 0) is 74.1 Å². The Labute approximate surface area is 197 Å². The molecule has 7 heteroatoms. The molecule has 1 aliphatic carbocycles. The number of thioether (sulfide) groups is 1. The summed E-state index contributed by atoms with van der Waals surface area (Å²) < 4.78 is 49.6. The van der Waals surface area contributed by atoms with E-state index in [2.05, 4.69) is 6.58 Å². The highest BCUT2D eigenvalue weighted by atomic mass is 32.2. The van der Waals surface area contributed by atoms with Crippen LogP contribution >= 0.6 is 11.8 Å². The van der Waals surface area contributed by atoms with Gasteiger partial charge >= 0.3 is 6.18 Å². The number of aryl methyl sites for hydroxylation is 1. The van der Waals surface area contributed by atoms with E-state index in [1.807, 2.05) is 26.8 Å². The average Bonchev–Trinajstić information content (AvgIpc) is 2.76. The number of ether oxygens (including phenoxy) is 2. The molecule has 0 heterocycles. The highest BCUT2D eigenvalue weighted by molar-refractivity contribution is 7.98. The van der Waals surface area contributed by atoms with Crippen molar-refractivity contribution in [1.82, 2.24) is 0 Å². The van der Waals surface area contributed by atoms with Crippen molar-refractivity contribution in [3.8, 4) is 5.75 Å². The Morgan fingerprint density at radius 2 is 1.94 bits per heavy atom. The molecule has 0 saturated heterocycles. The van der Waals surface area contributed by atoms with Crippen molar-refractivity contribution in [2.24, 2.45) is 5.92 Å². The smallest absolute Gasteiger partial charge is 0.416 e. The SMILES string of the molecule is C=C(C)[C@@H]1CCc2c(C)cc(OCCSCc3ccc(C(F)(F)F)cc3)c(C)c2[C@@H]1OC=O. The maximum Gasteiger partial charge on any atom is 0.416 e. The number of carbonyl (C=O) groups is 1. The Kier molecular flexibility index (Phi) is 8.16. The minimum absolute atomic E-state index is 0.0790. The quantitative estimate of drug-likeness (QED) is 0.221. The first-order valence-corrected chi connectivity index (χ1v) is 12.0. The van der Waals surface area contributed by atoms with Crippen LogP contribution in [0.2, 0.25) is 0 Å². The summed E-state index contributed by atoms with van der Waals surface area (Å²) >= 11 is 1.60. The zero-order valence-corrected chi connectivity index (χ0v) is 19.9. The van der Waals surface area contributed by atoms with Gasteiger partial charge in [0.2, 0.25) is 0 Å². The molecule has 0 fully saturated rings. The van der Waals surface area contributed by atoms with Crippen LogP contribution in [0.15, 0.2) is 42.5 Å². The number of hydrogen-bond acceptors (Lipinski definition) is 4. The zero-order chi connectivity index (χ0) is 24.2. The highest BCUT2D eigenvalue weighted by Crippen LogP contribution is 2.45. The molecule has 2 aromatic carbocycles. The Bertz CT molecular complexity index is 999. The van der Waals surface area contributed by atoms with E-state index in [0.29, 0.717) is 24.6 Å². The Morgan fingerprint density at radius 1 is 1.24 bits per heavy atom. The summed E-state index contributed by atoms with van der Waals surface area (Å²) in [6.45, 7) is 11.1. The molecule has 2 atom stereocenters. The molecule has 0 bridgehead atoms. The van der Waals surface area contributed by atoms with Gasteiger partial charge in [0.05, 0.1) is 12.2 Å². The minimum atomic E-state index is -4.31. The van der Waals surface area contributed by atoms with Crippen LogP contribution in [0.1, 0.15) is 52.8 Å². The molecule has 0 unspecified atom stereocenters. The van der Waals surface area contributed by atoms with Crippen LogP contribution in [-0.2, 0) is 27.9 Å². The second-order valence-corrected chi connectivity index (χ2v) is 9.55. The van der Waals surface area contributed by atoms with Gasteiger partial charge in [-0.1, -0.05) is 24.3 Å². The first-order chi connectivity index (χ1) is 15.6. The molecule has 33 heavy (non-hydrogen) atoms. The van der Waals surface area contributed by atoms with Crippen molar-refractivity contribution in [2.75, 3.05) is 12.4 Å². The fourth-order valence-electron chi connectivity index (χ4n) is 4.40. The van der Waals surface area contributed by atoms with Crippen LogP contribution in [-0.4, -0.2) is 18.8 Å². The van der Waals surface area contributed by atoms with Gasteiger partial charge in [0.25, 0.3) is 6.47 Å². The molecule has 0 spiro atoms. The van der Waals surface area contributed by atoms with Crippen molar-refractivity contribution in [1.29, 1.82) is 0 Å². The number of alkyl halides is 3. The number of hydrogen-bond donors (Lipinski definition) is 0. The van der Waals surface area contributed by atoms with Crippen molar-refractivity contribution in [3.63, 3.8) is 0 Å². The van der Waals surface area contributed by atoms with Gasteiger partial charge in [0.1, 0.15) is 11.9 Å². The Balaban J connectivity index is 1.63. The molecule has 2 aromatic rings. The summed E-state index contributed by atoms with van der Waals surface area (Å²) in [5.74, 6) is 2.15. The third-order valence-electron chi connectivity index (χ3n) is 6.15. The molecule has 178 valence electrons. The predicted octanol–water partition coefficient (Wildman–Crippen LogP) is 6.99. The van der Waals surface area contributed by atoms with Crippen LogP contribution in [0, 0.1) is 19.8 Å².